The average Bonchev–Trinajstić information content (AvgIpc) is 2.62. The monoisotopic (exact) mass is 381 g/mol. The molecule has 0 aromatic heterocycles. The Morgan fingerprint density at radius 1 is 1.16 bits per heavy atom. The second kappa shape index (κ2) is 8.90. The zero-order valence-corrected chi connectivity index (χ0v) is 15.6. The Labute approximate surface area is 157 Å². The van der Waals surface area contributed by atoms with Crippen LogP contribution in [0.15, 0.2) is 53.4 Å². The fraction of sp³-hybridized carbons (Fsp3) is 0.368. The second-order valence-electron chi connectivity index (χ2n) is 6.34. The molecule has 1 aliphatic rings. The number of benzene rings is 2. The zero-order chi connectivity index (χ0) is 17.6. The van der Waals surface area contributed by atoms with Crippen molar-refractivity contribution in [2.45, 2.75) is 11.0 Å². The van der Waals surface area contributed by atoms with E-state index in [1.807, 2.05) is 18.2 Å². The van der Waals surface area contributed by atoms with Crippen molar-refractivity contribution in [2.24, 2.45) is 0 Å². The van der Waals surface area contributed by atoms with E-state index in [0.29, 0.717) is 5.75 Å². The minimum Gasteiger partial charge on any atom is -0.386 e. The first-order valence-electron chi connectivity index (χ1n) is 8.50. The van der Waals surface area contributed by atoms with Crippen LogP contribution in [0.4, 0.5) is 10.1 Å². The molecule has 1 atom stereocenters. The van der Waals surface area contributed by atoms with Gasteiger partial charge in [-0.15, -0.1) is 11.8 Å². The molecule has 0 spiro atoms. The van der Waals surface area contributed by atoms with Gasteiger partial charge in [0.25, 0.3) is 0 Å². The van der Waals surface area contributed by atoms with Crippen LogP contribution >= 0.6 is 23.4 Å². The van der Waals surface area contributed by atoms with E-state index in [4.69, 9.17) is 11.6 Å². The van der Waals surface area contributed by atoms with E-state index in [2.05, 4.69) is 11.0 Å². The quantitative estimate of drug-likeness (QED) is 0.752. The molecule has 0 unspecified atom stereocenters. The highest BCUT2D eigenvalue weighted by atomic mass is 35.5. The Morgan fingerprint density at radius 2 is 1.88 bits per heavy atom. The van der Waals surface area contributed by atoms with Crippen molar-refractivity contribution < 1.29 is 14.4 Å². The van der Waals surface area contributed by atoms with Gasteiger partial charge in [0, 0.05) is 21.4 Å². The third-order valence-electron chi connectivity index (χ3n) is 4.42. The maximum atomic E-state index is 12.9. The Bertz CT molecular complexity index is 677. The number of aliphatic hydroxyl groups is 1. The van der Waals surface area contributed by atoms with Gasteiger partial charge in [0.2, 0.25) is 0 Å². The van der Waals surface area contributed by atoms with Crippen molar-refractivity contribution in [3.05, 3.63) is 59.4 Å². The highest BCUT2D eigenvalue weighted by Gasteiger charge is 2.22. The molecule has 0 saturated carbocycles. The van der Waals surface area contributed by atoms with Gasteiger partial charge < -0.3 is 14.9 Å². The summed E-state index contributed by atoms with van der Waals surface area (Å²) in [5.74, 6) is 0.402. The first-order chi connectivity index (χ1) is 12.1. The van der Waals surface area contributed by atoms with Gasteiger partial charge >= 0.3 is 0 Å². The fourth-order valence-corrected chi connectivity index (χ4v) is 4.09. The summed E-state index contributed by atoms with van der Waals surface area (Å²) < 4.78 is 12.9. The normalized spacial score (nSPS) is 16.8. The molecule has 1 fully saturated rings. The van der Waals surface area contributed by atoms with Crippen molar-refractivity contribution in [3.63, 3.8) is 0 Å². The number of anilines is 1. The third-order valence-corrected chi connectivity index (χ3v) is 5.82. The number of hydrogen-bond acceptors (Lipinski definition) is 3. The van der Waals surface area contributed by atoms with Gasteiger partial charge in [-0.3, -0.25) is 0 Å². The van der Waals surface area contributed by atoms with Gasteiger partial charge in [0.1, 0.15) is 18.5 Å². The molecule has 0 aliphatic carbocycles. The third kappa shape index (κ3) is 5.61. The maximum absolute atomic E-state index is 12.9. The summed E-state index contributed by atoms with van der Waals surface area (Å²) in [5.41, 5.74) is 1.17. The first-order valence-corrected chi connectivity index (χ1v) is 9.87. The van der Waals surface area contributed by atoms with Crippen LogP contribution in [0.1, 0.15) is 0 Å². The second-order valence-corrected chi connectivity index (χ2v) is 7.87. The summed E-state index contributed by atoms with van der Waals surface area (Å²) in [6.45, 7) is 4.69. The average molecular weight is 382 g/mol. The summed E-state index contributed by atoms with van der Waals surface area (Å²) in [7, 11) is 0. The van der Waals surface area contributed by atoms with E-state index in [1.54, 1.807) is 23.9 Å². The molecule has 0 radical (unpaired) electrons. The molecule has 6 heteroatoms. The zero-order valence-electron chi connectivity index (χ0n) is 14.0. The summed E-state index contributed by atoms with van der Waals surface area (Å²) in [6.07, 6.45) is -0.359. The van der Waals surface area contributed by atoms with Gasteiger partial charge in [0.05, 0.1) is 26.2 Å². The number of rotatable bonds is 6. The molecular weight excluding hydrogens is 359 g/mol. The number of quaternary nitrogens is 1. The largest absolute Gasteiger partial charge is 0.386 e. The summed E-state index contributed by atoms with van der Waals surface area (Å²) in [4.78, 5) is 4.75. The van der Waals surface area contributed by atoms with Crippen LogP contribution in [-0.2, 0) is 0 Å². The molecular formula is C19H23ClFN2OS+. The van der Waals surface area contributed by atoms with Gasteiger partial charge in [-0.05, 0) is 42.5 Å². The van der Waals surface area contributed by atoms with Crippen LogP contribution in [0.3, 0.4) is 0 Å². The summed E-state index contributed by atoms with van der Waals surface area (Å²) in [6, 6.07) is 14.4. The van der Waals surface area contributed by atoms with E-state index in [9.17, 15) is 9.50 Å². The van der Waals surface area contributed by atoms with E-state index >= 15 is 0 Å². The number of nitrogens with zero attached hydrogens (tertiary/aromatic N) is 1. The molecule has 134 valence electrons. The Balaban J connectivity index is 1.41. The SMILES string of the molecule is O[C@H](CSc1ccc(F)cc1)C[NH+]1CCN(c2cccc(Cl)c2)CC1. The molecule has 1 saturated heterocycles. The molecule has 2 aromatic rings. The van der Waals surface area contributed by atoms with Gasteiger partial charge in [-0.1, -0.05) is 17.7 Å². The lowest BCUT2D eigenvalue weighted by atomic mass is 10.2. The number of thioether (sulfide) groups is 1. The molecule has 0 amide bonds. The highest BCUT2D eigenvalue weighted by molar-refractivity contribution is 7.99. The van der Waals surface area contributed by atoms with Gasteiger partial charge in [-0.2, -0.15) is 0 Å². The number of hydrogen-bond donors (Lipinski definition) is 2. The van der Waals surface area contributed by atoms with Crippen molar-refractivity contribution in [3.8, 4) is 0 Å². The first kappa shape index (κ1) is 18.5. The van der Waals surface area contributed by atoms with Gasteiger partial charge in [0.15, 0.2) is 0 Å². The number of halogens is 2. The smallest absolute Gasteiger partial charge is 0.123 e. The molecule has 3 nitrogen and oxygen atoms in total. The topological polar surface area (TPSA) is 27.9 Å². The Hall–Kier alpha value is -1.27. The Kier molecular flexibility index (Phi) is 6.59. The van der Waals surface area contributed by atoms with Crippen molar-refractivity contribution in [1.82, 2.24) is 0 Å². The molecule has 3 rings (SSSR count). The number of piperazine rings is 1. The lowest BCUT2D eigenvalue weighted by molar-refractivity contribution is -0.903. The molecule has 2 aromatic carbocycles. The van der Waals surface area contributed by atoms with E-state index in [0.717, 1.165) is 42.6 Å². The molecule has 1 aliphatic heterocycles. The van der Waals surface area contributed by atoms with Crippen LogP contribution < -0.4 is 9.80 Å². The van der Waals surface area contributed by atoms with Crippen molar-refractivity contribution >= 4 is 29.1 Å². The molecule has 1 heterocycles. The summed E-state index contributed by atoms with van der Waals surface area (Å²) in [5, 5.41) is 11.1. The molecule has 2 N–H and O–H groups in total. The lowest BCUT2D eigenvalue weighted by Crippen LogP contribution is -3.15. The van der Waals surface area contributed by atoms with Crippen molar-refractivity contribution in [1.29, 1.82) is 0 Å². The van der Waals surface area contributed by atoms with Crippen molar-refractivity contribution in [2.75, 3.05) is 43.4 Å². The minimum absolute atomic E-state index is 0.230. The fourth-order valence-electron chi connectivity index (χ4n) is 3.07. The van der Waals surface area contributed by atoms with Crippen LogP contribution in [0.5, 0.6) is 0 Å². The lowest BCUT2D eigenvalue weighted by Gasteiger charge is -2.34. The maximum Gasteiger partial charge on any atom is 0.123 e. The summed E-state index contributed by atoms with van der Waals surface area (Å²) >= 11 is 7.64. The highest BCUT2D eigenvalue weighted by Crippen LogP contribution is 2.20. The Morgan fingerprint density at radius 3 is 2.56 bits per heavy atom. The van der Waals surface area contributed by atoms with E-state index in [-0.39, 0.29) is 11.9 Å². The van der Waals surface area contributed by atoms with Crippen LogP contribution in [0, 0.1) is 5.82 Å². The molecule has 0 bridgehead atoms. The number of aliphatic hydroxyl groups excluding tert-OH is 1. The van der Waals surface area contributed by atoms with Crippen LogP contribution in [0.2, 0.25) is 5.02 Å². The van der Waals surface area contributed by atoms with Crippen LogP contribution in [-0.4, -0.2) is 49.7 Å². The van der Waals surface area contributed by atoms with Gasteiger partial charge in [-0.25, -0.2) is 4.39 Å². The number of nitrogens with one attached hydrogen (secondary N) is 1. The minimum atomic E-state index is -0.359. The van der Waals surface area contributed by atoms with Crippen LogP contribution in [0.25, 0.3) is 0 Å². The predicted molar refractivity (Wildman–Crippen MR) is 102 cm³/mol. The standard InChI is InChI=1S/C19H22ClFN2OS/c20-15-2-1-3-17(12-15)23-10-8-22(9-11-23)13-18(24)14-25-19-6-4-16(21)5-7-19/h1-7,12,18,24H,8-11,13-14H2/p+1/t18-/m0/s1. The molecule has 25 heavy (non-hydrogen) atoms. The van der Waals surface area contributed by atoms with E-state index < -0.39 is 0 Å². The predicted octanol–water partition coefficient (Wildman–Crippen LogP) is 2.34. The van der Waals surface area contributed by atoms with E-state index in [1.165, 1.54) is 22.7 Å².